The number of aliphatic hydroxyl groups is 2. The van der Waals surface area contributed by atoms with Crippen LogP contribution in [0, 0.1) is 11.6 Å². The second-order valence-corrected chi connectivity index (χ2v) is 5.56. The molecule has 22 heavy (non-hydrogen) atoms. The molecule has 1 aromatic carbocycles. The fourth-order valence-corrected chi connectivity index (χ4v) is 2.51. The van der Waals surface area contributed by atoms with E-state index in [1.807, 2.05) is 0 Å². The Labute approximate surface area is 130 Å². The van der Waals surface area contributed by atoms with Crippen LogP contribution in [-0.2, 0) is 4.74 Å². The van der Waals surface area contributed by atoms with Crippen LogP contribution in [0.15, 0.2) is 18.2 Å². The van der Waals surface area contributed by atoms with Gasteiger partial charge in [-0.2, -0.15) is 0 Å². The molecule has 0 saturated heterocycles. The summed E-state index contributed by atoms with van der Waals surface area (Å²) >= 11 is 0. The molecule has 2 N–H and O–H groups in total. The summed E-state index contributed by atoms with van der Waals surface area (Å²) in [7, 11) is 0. The van der Waals surface area contributed by atoms with E-state index in [1.165, 1.54) is 25.7 Å². The molecule has 1 atom stereocenters. The van der Waals surface area contributed by atoms with E-state index in [2.05, 4.69) is 6.92 Å². The third-order valence-electron chi connectivity index (χ3n) is 3.61. The number of ether oxygens (including phenoxy) is 1. The number of rotatable bonds is 11. The van der Waals surface area contributed by atoms with E-state index in [9.17, 15) is 8.78 Å². The van der Waals surface area contributed by atoms with Crippen molar-refractivity contribution in [2.75, 3.05) is 0 Å². The van der Waals surface area contributed by atoms with Crippen molar-refractivity contribution in [1.82, 2.24) is 0 Å². The minimum atomic E-state index is -1.96. The summed E-state index contributed by atoms with van der Waals surface area (Å²) in [5.74, 6) is -1.40. The highest BCUT2D eigenvalue weighted by molar-refractivity contribution is 5.20. The minimum absolute atomic E-state index is 0.289. The zero-order valence-corrected chi connectivity index (χ0v) is 13.1. The van der Waals surface area contributed by atoms with Crippen LogP contribution in [0.25, 0.3) is 0 Å². The molecule has 3 nitrogen and oxygen atoms in total. The molecule has 1 unspecified atom stereocenters. The van der Waals surface area contributed by atoms with E-state index < -0.39 is 24.2 Å². The fraction of sp³-hybridized carbons (Fsp3) is 0.647. The Balaban J connectivity index is 2.47. The second kappa shape index (κ2) is 10.6. The van der Waals surface area contributed by atoms with Crippen LogP contribution in [0.4, 0.5) is 8.78 Å². The summed E-state index contributed by atoms with van der Waals surface area (Å²) in [5.41, 5.74) is 0.289. The van der Waals surface area contributed by atoms with E-state index in [0.29, 0.717) is 6.42 Å². The molecule has 0 radical (unpaired) electrons. The lowest BCUT2D eigenvalue weighted by atomic mass is 10.0. The Morgan fingerprint density at radius 2 is 1.45 bits per heavy atom. The quantitative estimate of drug-likeness (QED) is 0.469. The highest BCUT2D eigenvalue weighted by Gasteiger charge is 2.17. The highest BCUT2D eigenvalue weighted by atomic mass is 19.1. The van der Waals surface area contributed by atoms with Gasteiger partial charge in [0.1, 0.15) is 11.6 Å². The van der Waals surface area contributed by atoms with E-state index in [0.717, 1.165) is 37.5 Å². The predicted molar refractivity (Wildman–Crippen MR) is 81.0 cm³/mol. The average molecular weight is 316 g/mol. The first-order valence-electron chi connectivity index (χ1n) is 8.00. The summed E-state index contributed by atoms with van der Waals surface area (Å²) in [6.07, 6.45) is 7.52. The summed E-state index contributed by atoms with van der Waals surface area (Å²) < 4.78 is 31.5. The molecule has 0 aliphatic heterocycles. The molecule has 5 heteroatoms. The van der Waals surface area contributed by atoms with Gasteiger partial charge in [0.25, 0.3) is 6.48 Å². The number of aliphatic hydroxyl groups excluding tert-OH is 1. The maximum atomic E-state index is 13.3. The number of hydrogen-bond acceptors (Lipinski definition) is 3. The van der Waals surface area contributed by atoms with Gasteiger partial charge in [0, 0.05) is 6.07 Å². The Bertz CT molecular complexity index is 404. The Morgan fingerprint density at radius 3 is 2.00 bits per heavy atom. The van der Waals surface area contributed by atoms with Crippen LogP contribution in [0.5, 0.6) is 0 Å². The average Bonchev–Trinajstić information content (AvgIpc) is 2.43. The van der Waals surface area contributed by atoms with Gasteiger partial charge in [0.15, 0.2) is 0 Å². The van der Waals surface area contributed by atoms with Crippen molar-refractivity contribution in [2.24, 2.45) is 0 Å². The van der Waals surface area contributed by atoms with Gasteiger partial charge in [-0.05, 0) is 24.1 Å². The SMILES string of the molecule is CCCCCCCCCC(OC(O)O)c1cc(F)cc(F)c1. The first kappa shape index (κ1) is 19.0. The van der Waals surface area contributed by atoms with Crippen molar-refractivity contribution in [3.05, 3.63) is 35.4 Å². The first-order valence-corrected chi connectivity index (χ1v) is 8.00. The molecule has 1 rings (SSSR count). The van der Waals surface area contributed by atoms with E-state index in [1.54, 1.807) is 0 Å². The second-order valence-electron chi connectivity index (χ2n) is 5.56. The topological polar surface area (TPSA) is 49.7 Å². The van der Waals surface area contributed by atoms with Crippen LogP contribution >= 0.6 is 0 Å². The molecule has 0 aliphatic carbocycles. The number of benzene rings is 1. The standard InChI is InChI=1S/C17H26F2O3/c1-2-3-4-5-6-7-8-9-16(22-17(20)21)13-10-14(18)12-15(19)11-13/h10-12,16-17,20-21H,2-9H2,1H3. The van der Waals surface area contributed by atoms with Gasteiger partial charge >= 0.3 is 0 Å². The van der Waals surface area contributed by atoms with Crippen molar-refractivity contribution in [3.8, 4) is 0 Å². The largest absolute Gasteiger partial charge is 0.346 e. The molecule has 0 heterocycles. The lowest BCUT2D eigenvalue weighted by molar-refractivity contribution is -0.259. The van der Waals surface area contributed by atoms with Crippen molar-refractivity contribution < 1.29 is 23.7 Å². The molecule has 0 bridgehead atoms. The van der Waals surface area contributed by atoms with Gasteiger partial charge in [-0.25, -0.2) is 8.78 Å². The van der Waals surface area contributed by atoms with Crippen molar-refractivity contribution in [1.29, 1.82) is 0 Å². The van der Waals surface area contributed by atoms with Crippen molar-refractivity contribution in [2.45, 2.75) is 70.9 Å². The number of unbranched alkanes of at least 4 members (excludes halogenated alkanes) is 6. The summed E-state index contributed by atoms with van der Waals surface area (Å²) in [5, 5.41) is 17.9. The molecular weight excluding hydrogens is 290 g/mol. The summed E-state index contributed by atoms with van der Waals surface area (Å²) in [6, 6.07) is 3.11. The molecule has 126 valence electrons. The molecule has 1 aromatic rings. The third-order valence-corrected chi connectivity index (χ3v) is 3.61. The van der Waals surface area contributed by atoms with Crippen LogP contribution in [0.1, 0.15) is 70.0 Å². The normalized spacial score (nSPS) is 12.8. The third kappa shape index (κ3) is 7.82. The van der Waals surface area contributed by atoms with Gasteiger partial charge in [0.2, 0.25) is 0 Å². The predicted octanol–water partition coefficient (Wildman–Crippen LogP) is 4.43. The van der Waals surface area contributed by atoms with Gasteiger partial charge in [-0.3, -0.25) is 0 Å². The molecule has 0 aromatic heterocycles. The lowest BCUT2D eigenvalue weighted by Crippen LogP contribution is -2.16. The van der Waals surface area contributed by atoms with Gasteiger partial charge < -0.3 is 14.9 Å². The molecule has 0 saturated carbocycles. The van der Waals surface area contributed by atoms with Crippen LogP contribution < -0.4 is 0 Å². The summed E-state index contributed by atoms with van der Waals surface area (Å²) in [4.78, 5) is 0. The molecule has 0 aliphatic rings. The van der Waals surface area contributed by atoms with Gasteiger partial charge in [0.05, 0.1) is 6.10 Å². The zero-order chi connectivity index (χ0) is 16.4. The van der Waals surface area contributed by atoms with Gasteiger partial charge in [-0.15, -0.1) is 0 Å². The van der Waals surface area contributed by atoms with Crippen LogP contribution in [-0.4, -0.2) is 16.7 Å². The van der Waals surface area contributed by atoms with Crippen molar-refractivity contribution >= 4 is 0 Å². The maximum Gasteiger partial charge on any atom is 0.267 e. The zero-order valence-electron chi connectivity index (χ0n) is 13.1. The Morgan fingerprint density at radius 1 is 0.909 bits per heavy atom. The molecule has 0 amide bonds. The Kier molecular flexibility index (Phi) is 9.20. The molecular formula is C17H26F2O3. The summed E-state index contributed by atoms with van der Waals surface area (Å²) in [6.45, 7) is 0.209. The first-order chi connectivity index (χ1) is 10.5. The number of hydrogen-bond donors (Lipinski definition) is 2. The monoisotopic (exact) mass is 316 g/mol. The van der Waals surface area contributed by atoms with E-state index in [4.69, 9.17) is 14.9 Å². The minimum Gasteiger partial charge on any atom is -0.346 e. The van der Waals surface area contributed by atoms with E-state index >= 15 is 0 Å². The molecule has 0 spiro atoms. The Hall–Kier alpha value is -1.04. The van der Waals surface area contributed by atoms with Crippen molar-refractivity contribution in [3.63, 3.8) is 0 Å². The molecule has 0 fully saturated rings. The van der Waals surface area contributed by atoms with Crippen LogP contribution in [0.2, 0.25) is 0 Å². The fourth-order valence-electron chi connectivity index (χ4n) is 2.51. The lowest BCUT2D eigenvalue weighted by Gasteiger charge is -2.19. The maximum absolute atomic E-state index is 13.3. The van der Waals surface area contributed by atoms with Crippen LogP contribution in [0.3, 0.4) is 0 Å². The number of halogens is 2. The van der Waals surface area contributed by atoms with Gasteiger partial charge in [-0.1, -0.05) is 51.9 Å². The smallest absolute Gasteiger partial charge is 0.267 e. The highest BCUT2D eigenvalue weighted by Crippen LogP contribution is 2.26. The van der Waals surface area contributed by atoms with E-state index in [-0.39, 0.29) is 5.56 Å².